The minimum atomic E-state index is -0.186. The first-order valence-corrected chi connectivity index (χ1v) is 7.91. The molecule has 2 atom stereocenters. The number of aryl methyl sites for hydroxylation is 1. The SMILES string of the molecule is Cc1cc(C(=O)N[C@H](C)c2cnccn2)c(C)n1C1CCOC1. The first kappa shape index (κ1) is 15.7. The monoisotopic (exact) mass is 314 g/mol. The van der Waals surface area contributed by atoms with Crippen molar-refractivity contribution in [2.24, 2.45) is 0 Å². The maximum Gasteiger partial charge on any atom is 0.253 e. The van der Waals surface area contributed by atoms with Gasteiger partial charge in [-0.1, -0.05) is 0 Å². The quantitative estimate of drug-likeness (QED) is 0.940. The smallest absolute Gasteiger partial charge is 0.253 e. The molecule has 1 N–H and O–H groups in total. The van der Waals surface area contributed by atoms with E-state index in [0.717, 1.165) is 30.1 Å². The molecule has 0 radical (unpaired) electrons. The van der Waals surface area contributed by atoms with Gasteiger partial charge < -0.3 is 14.6 Å². The van der Waals surface area contributed by atoms with Crippen LogP contribution in [0.2, 0.25) is 0 Å². The van der Waals surface area contributed by atoms with Gasteiger partial charge in [0.05, 0.1) is 36.1 Å². The van der Waals surface area contributed by atoms with Crippen LogP contribution in [0.25, 0.3) is 0 Å². The van der Waals surface area contributed by atoms with Gasteiger partial charge in [-0.25, -0.2) is 0 Å². The van der Waals surface area contributed by atoms with E-state index in [-0.39, 0.29) is 11.9 Å². The number of carbonyl (C=O) groups is 1. The molecule has 3 heterocycles. The van der Waals surface area contributed by atoms with Gasteiger partial charge in [-0.3, -0.25) is 14.8 Å². The average molecular weight is 314 g/mol. The number of nitrogens with zero attached hydrogens (tertiary/aromatic N) is 3. The number of aromatic nitrogens is 3. The molecule has 0 aromatic carbocycles. The Hall–Kier alpha value is -2.21. The molecule has 1 fully saturated rings. The van der Waals surface area contributed by atoms with E-state index in [2.05, 4.69) is 19.9 Å². The third-order valence-corrected chi connectivity index (χ3v) is 4.37. The van der Waals surface area contributed by atoms with Crippen molar-refractivity contribution >= 4 is 5.91 Å². The Morgan fingerprint density at radius 3 is 2.91 bits per heavy atom. The van der Waals surface area contributed by atoms with E-state index in [0.29, 0.717) is 18.2 Å². The summed E-state index contributed by atoms with van der Waals surface area (Å²) in [5.74, 6) is -0.0820. The Bertz CT molecular complexity index is 690. The van der Waals surface area contributed by atoms with Crippen molar-refractivity contribution in [2.75, 3.05) is 13.2 Å². The number of carbonyl (C=O) groups excluding carboxylic acids is 1. The standard InChI is InChI=1S/C17H22N4O2/c1-11-8-15(13(3)21(11)14-4-7-23-10-14)17(22)20-12(2)16-9-18-5-6-19-16/h5-6,8-9,12,14H,4,7,10H2,1-3H3,(H,20,22)/t12-,14?/m1/s1. The second-order valence-corrected chi connectivity index (χ2v) is 6.00. The van der Waals surface area contributed by atoms with Crippen LogP contribution in [0.1, 0.15) is 52.9 Å². The maximum absolute atomic E-state index is 12.6. The van der Waals surface area contributed by atoms with Crippen LogP contribution in [-0.2, 0) is 4.74 Å². The van der Waals surface area contributed by atoms with Gasteiger partial charge >= 0.3 is 0 Å². The van der Waals surface area contributed by atoms with E-state index in [4.69, 9.17) is 4.74 Å². The molecule has 0 aliphatic carbocycles. The second kappa shape index (κ2) is 6.50. The second-order valence-electron chi connectivity index (χ2n) is 6.00. The van der Waals surface area contributed by atoms with Crippen molar-refractivity contribution in [1.29, 1.82) is 0 Å². The van der Waals surface area contributed by atoms with Crippen LogP contribution >= 0.6 is 0 Å². The van der Waals surface area contributed by atoms with E-state index in [9.17, 15) is 4.79 Å². The molecule has 2 aromatic heterocycles. The summed E-state index contributed by atoms with van der Waals surface area (Å²) >= 11 is 0. The number of hydrogen-bond acceptors (Lipinski definition) is 4. The molecule has 3 rings (SSSR count). The molecular weight excluding hydrogens is 292 g/mol. The zero-order valence-electron chi connectivity index (χ0n) is 13.7. The zero-order valence-corrected chi connectivity index (χ0v) is 13.7. The van der Waals surface area contributed by atoms with E-state index in [1.807, 2.05) is 26.8 Å². The first-order valence-electron chi connectivity index (χ1n) is 7.91. The molecule has 1 aliphatic rings. The molecule has 1 unspecified atom stereocenters. The van der Waals surface area contributed by atoms with Crippen LogP contribution in [0, 0.1) is 13.8 Å². The number of hydrogen-bond donors (Lipinski definition) is 1. The van der Waals surface area contributed by atoms with Gasteiger partial charge in [0.1, 0.15) is 0 Å². The molecule has 122 valence electrons. The Morgan fingerprint density at radius 2 is 2.26 bits per heavy atom. The van der Waals surface area contributed by atoms with E-state index >= 15 is 0 Å². The Kier molecular flexibility index (Phi) is 4.43. The first-order chi connectivity index (χ1) is 11.1. The van der Waals surface area contributed by atoms with Gasteiger partial charge in [0, 0.05) is 30.4 Å². The lowest BCUT2D eigenvalue weighted by molar-refractivity contribution is 0.0938. The van der Waals surface area contributed by atoms with E-state index in [1.165, 1.54) is 0 Å². The average Bonchev–Trinajstić information content (AvgIpc) is 3.16. The minimum absolute atomic E-state index is 0.0820. The molecule has 1 aliphatic heterocycles. The van der Waals surface area contributed by atoms with E-state index in [1.54, 1.807) is 18.6 Å². The predicted molar refractivity (Wildman–Crippen MR) is 86.3 cm³/mol. The molecule has 1 saturated heterocycles. The number of ether oxygens (including phenoxy) is 1. The highest BCUT2D eigenvalue weighted by Gasteiger charge is 2.24. The minimum Gasteiger partial charge on any atom is -0.379 e. The van der Waals surface area contributed by atoms with Crippen molar-refractivity contribution in [3.05, 3.63) is 47.3 Å². The Labute approximate surface area is 135 Å². The van der Waals surface area contributed by atoms with Gasteiger partial charge in [0.25, 0.3) is 5.91 Å². The third kappa shape index (κ3) is 3.12. The summed E-state index contributed by atoms with van der Waals surface area (Å²) in [6.45, 7) is 7.44. The fourth-order valence-corrected chi connectivity index (χ4v) is 3.18. The molecule has 0 bridgehead atoms. The topological polar surface area (TPSA) is 69.0 Å². The fraction of sp³-hybridized carbons (Fsp3) is 0.471. The normalized spacial score (nSPS) is 18.8. The molecule has 2 aromatic rings. The van der Waals surface area contributed by atoms with Gasteiger partial charge in [0.2, 0.25) is 0 Å². The van der Waals surface area contributed by atoms with Crippen LogP contribution < -0.4 is 5.32 Å². The maximum atomic E-state index is 12.6. The van der Waals surface area contributed by atoms with Gasteiger partial charge in [0.15, 0.2) is 0 Å². The summed E-state index contributed by atoms with van der Waals surface area (Å²) in [6.07, 6.45) is 5.91. The summed E-state index contributed by atoms with van der Waals surface area (Å²) in [6, 6.07) is 2.09. The van der Waals surface area contributed by atoms with Crippen molar-refractivity contribution in [3.63, 3.8) is 0 Å². The van der Waals surface area contributed by atoms with Gasteiger partial charge in [-0.05, 0) is 33.3 Å². The largest absolute Gasteiger partial charge is 0.379 e. The summed E-state index contributed by atoms with van der Waals surface area (Å²) in [4.78, 5) is 20.9. The van der Waals surface area contributed by atoms with Crippen LogP contribution in [-0.4, -0.2) is 33.7 Å². The summed E-state index contributed by atoms with van der Waals surface area (Å²) in [5, 5.41) is 3.00. The zero-order chi connectivity index (χ0) is 16.4. The number of rotatable bonds is 4. The van der Waals surface area contributed by atoms with Gasteiger partial charge in [-0.15, -0.1) is 0 Å². The number of amides is 1. The van der Waals surface area contributed by atoms with Crippen molar-refractivity contribution in [2.45, 2.75) is 39.3 Å². The lowest BCUT2D eigenvalue weighted by Gasteiger charge is -2.16. The third-order valence-electron chi connectivity index (χ3n) is 4.37. The highest BCUT2D eigenvalue weighted by molar-refractivity contribution is 5.95. The van der Waals surface area contributed by atoms with Crippen LogP contribution in [0.4, 0.5) is 0 Å². The van der Waals surface area contributed by atoms with Gasteiger partial charge in [-0.2, -0.15) is 0 Å². The Balaban J connectivity index is 1.79. The Morgan fingerprint density at radius 1 is 1.43 bits per heavy atom. The van der Waals surface area contributed by atoms with Crippen LogP contribution in [0.5, 0.6) is 0 Å². The summed E-state index contributed by atoms with van der Waals surface area (Å²) < 4.78 is 7.69. The van der Waals surface area contributed by atoms with Crippen molar-refractivity contribution in [3.8, 4) is 0 Å². The highest BCUT2D eigenvalue weighted by Crippen LogP contribution is 2.26. The highest BCUT2D eigenvalue weighted by atomic mass is 16.5. The molecule has 1 amide bonds. The molecule has 6 heteroatoms. The number of nitrogens with one attached hydrogen (secondary N) is 1. The molecule has 6 nitrogen and oxygen atoms in total. The van der Waals surface area contributed by atoms with Crippen molar-refractivity contribution < 1.29 is 9.53 Å². The van der Waals surface area contributed by atoms with Crippen molar-refractivity contribution in [1.82, 2.24) is 19.9 Å². The van der Waals surface area contributed by atoms with E-state index < -0.39 is 0 Å². The lowest BCUT2D eigenvalue weighted by atomic mass is 10.2. The van der Waals surface area contributed by atoms with Crippen LogP contribution in [0.3, 0.4) is 0 Å². The summed E-state index contributed by atoms with van der Waals surface area (Å²) in [5.41, 5.74) is 3.54. The molecule has 23 heavy (non-hydrogen) atoms. The van der Waals surface area contributed by atoms with Crippen LogP contribution in [0.15, 0.2) is 24.7 Å². The fourth-order valence-electron chi connectivity index (χ4n) is 3.18. The molecule has 0 saturated carbocycles. The summed E-state index contributed by atoms with van der Waals surface area (Å²) in [7, 11) is 0. The lowest BCUT2D eigenvalue weighted by Crippen LogP contribution is -2.27. The molecule has 0 spiro atoms. The predicted octanol–water partition coefficient (Wildman–Crippen LogP) is 2.35. The molecular formula is C17H22N4O2.